The first-order valence-corrected chi connectivity index (χ1v) is 10.5. The van der Waals surface area contributed by atoms with Crippen LogP contribution in [0, 0.1) is 13.8 Å². The lowest BCUT2D eigenvalue weighted by Crippen LogP contribution is -2.20. The summed E-state index contributed by atoms with van der Waals surface area (Å²) < 4.78 is 9.91. The largest absolute Gasteiger partial charge is 0.484 e. The molecule has 2 aromatic heterocycles. The fraction of sp³-hybridized carbons (Fsp3) is 0.292. The number of anilines is 1. The number of hydrogen-bond acceptors (Lipinski definition) is 4. The first-order valence-electron chi connectivity index (χ1n) is 10.5. The van der Waals surface area contributed by atoms with E-state index in [1.54, 1.807) is 6.20 Å². The predicted octanol–water partition coefficient (Wildman–Crippen LogP) is 4.33. The number of nitrogens with zero attached hydrogens (tertiary/aromatic N) is 4. The van der Waals surface area contributed by atoms with E-state index in [0.29, 0.717) is 18.0 Å². The van der Waals surface area contributed by atoms with Gasteiger partial charge in [-0.3, -0.25) is 4.79 Å². The van der Waals surface area contributed by atoms with Gasteiger partial charge < -0.3 is 19.2 Å². The maximum absolute atomic E-state index is 12.4. The number of amides is 1. The molecule has 160 valence electrons. The van der Waals surface area contributed by atoms with Gasteiger partial charge in [-0.05, 0) is 56.2 Å². The molecule has 4 rings (SSSR count). The summed E-state index contributed by atoms with van der Waals surface area (Å²) >= 11 is 0. The monoisotopic (exact) mass is 417 g/mol. The first kappa shape index (κ1) is 20.7. The van der Waals surface area contributed by atoms with E-state index in [9.17, 15) is 4.79 Å². The van der Waals surface area contributed by atoms with Gasteiger partial charge in [0.1, 0.15) is 17.4 Å². The maximum Gasteiger partial charge on any atom is 0.262 e. The van der Waals surface area contributed by atoms with Crippen LogP contribution < -0.4 is 10.1 Å². The molecule has 0 atom stereocenters. The molecule has 0 radical (unpaired) electrons. The zero-order chi connectivity index (χ0) is 21.8. The summed E-state index contributed by atoms with van der Waals surface area (Å²) in [4.78, 5) is 21.5. The number of fused-ring (bicyclic) bond motifs is 1. The number of hydrogen-bond donors (Lipinski definition) is 1. The summed E-state index contributed by atoms with van der Waals surface area (Å²) in [5.74, 6) is 2.41. The summed E-state index contributed by atoms with van der Waals surface area (Å²) in [5.41, 5.74) is 3.71. The van der Waals surface area contributed by atoms with Crippen molar-refractivity contribution in [3.8, 4) is 5.75 Å². The number of aromatic nitrogens is 4. The SMILES string of the molecule is CCCn1c(Cn2ccnc2C)nc2cc(NC(=O)COc3cccc(C)c3)ccc21. The molecule has 0 aliphatic carbocycles. The third-order valence-corrected chi connectivity index (χ3v) is 5.15. The Morgan fingerprint density at radius 2 is 2.03 bits per heavy atom. The number of imidazole rings is 2. The molecule has 0 bridgehead atoms. The average Bonchev–Trinajstić information content (AvgIpc) is 3.30. The van der Waals surface area contributed by atoms with Gasteiger partial charge in [0.2, 0.25) is 0 Å². The number of ether oxygens (including phenoxy) is 1. The van der Waals surface area contributed by atoms with Crippen molar-refractivity contribution in [1.29, 1.82) is 0 Å². The summed E-state index contributed by atoms with van der Waals surface area (Å²) in [6.45, 7) is 7.63. The fourth-order valence-corrected chi connectivity index (χ4v) is 3.63. The molecule has 0 saturated carbocycles. The lowest BCUT2D eigenvalue weighted by Gasteiger charge is -2.10. The van der Waals surface area contributed by atoms with Crippen LogP contribution in [-0.2, 0) is 17.9 Å². The topological polar surface area (TPSA) is 74.0 Å². The minimum absolute atomic E-state index is 0.0447. The summed E-state index contributed by atoms with van der Waals surface area (Å²) in [7, 11) is 0. The van der Waals surface area contributed by atoms with Crippen molar-refractivity contribution in [3.63, 3.8) is 0 Å². The van der Waals surface area contributed by atoms with Crippen LogP contribution in [0.1, 0.15) is 30.6 Å². The number of nitrogens with one attached hydrogen (secondary N) is 1. The van der Waals surface area contributed by atoms with Gasteiger partial charge in [0, 0.05) is 24.6 Å². The van der Waals surface area contributed by atoms with Crippen molar-refractivity contribution in [3.05, 3.63) is 72.1 Å². The molecule has 2 aromatic carbocycles. The minimum Gasteiger partial charge on any atom is -0.484 e. The van der Waals surface area contributed by atoms with Gasteiger partial charge in [-0.1, -0.05) is 19.1 Å². The van der Waals surface area contributed by atoms with Crippen LogP contribution in [0.3, 0.4) is 0 Å². The molecule has 7 heteroatoms. The lowest BCUT2D eigenvalue weighted by atomic mass is 10.2. The van der Waals surface area contributed by atoms with Crippen molar-refractivity contribution in [2.45, 2.75) is 40.3 Å². The Balaban J connectivity index is 1.50. The molecule has 0 saturated heterocycles. The van der Waals surface area contributed by atoms with E-state index < -0.39 is 0 Å². The maximum atomic E-state index is 12.4. The van der Waals surface area contributed by atoms with Crippen LogP contribution in [-0.4, -0.2) is 31.6 Å². The Bertz CT molecular complexity index is 1210. The van der Waals surface area contributed by atoms with Crippen LogP contribution in [0.4, 0.5) is 5.69 Å². The van der Waals surface area contributed by atoms with Crippen molar-refractivity contribution < 1.29 is 9.53 Å². The van der Waals surface area contributed by atoms with E-state index in [1.807, 2.05) is 62.5 Å². The van der Waals surface area contributed by atoms with Gasteiger partial charge in [-0.15, -0.1) is 0 Å². The van der Waals surface area contributed by atoms with Gasteiger partial charge in [-0.2, -0.15) is 0 Å². The van der Waals surface area contributed by atoms with Crippen LogP contribution in [0.25, 0.3) is 11.0 Å². The molecular formula is C24H27N5O2. The summed E-state index contributed by atoms with van der Waals surface area (Å²) in [6.07, 6.45) is 4.77. The molecule has 0 aliphatic rings. The molecule has 2 heterocycles. The van der Waals surface area contributed by atoms with Crippen molar-refractivity contribution in [1.82, 2.24) is 19.1 Å². The standard InChI is InChI=1S/C24H27N5O2/c1-4-11-29-22-9-8-19(26-24(30)16-31-20-7-5-6-17(2)13-20)14-21(22)27-23(29)15-28-12-10-25-18(28)3/h5-10,12-14H,4,11,15-16H2,1-3H3,(H,26,30). The highest BCUT2D eigenvalue weighted by atomic mass is 16.5. The number of benzene rings is 2. The smallest absolute Gasteiger partial charge is 0.262 e. The Labute approximate surface area is 181 Å². The molecule has 7 nitrogen and oxygen atoms in total. The van der Waals surface area contributed by atoms with Crippen LogP contribution in [0.15, 0.2) is 54.9 Å². The average molecular weight is 418 g/mol. The van der Waals surface area contributed by atoms with E-state index in [0.717, 1.165) is 41.2 Å². The van der Waals surface area contributed by atoms with Crippen molar-refractivity contribution >= 4 is 22.6 Å². The third-order valence-electron chi connectivity index (χ3n) is 5.15. The minimum atomic E-state index is -0.205. The van der Waals surface area contributed by atoms with Crippen LogP contribution >= 0.6 is 0 Å². The highest BCUT2D eigenvalue weighted by molar-refractivity contribution is 5.94. The quantitative estimate of drug-likeness (QED) is 0.463. The van der Waals surface area contributed by atoms with Crippen molar-refractivity contribution in [2.24, 2.45) is 0 Å². The Morgan fingerprint density at radius 1 is 1.16 bits per heavy atom. The molecule has 31 heavy (non-hydrogen) atoms. The number of carbonyl (C=O) groups is 1. The molecule has 0 fully saturated rings. The molecule has 4 aromatic rings. The normalized spacial score (nSPS) is 11.1. The predicted molar refractivity (Wildman–Crippen MR) is 121 cm³/mol. The van der Waals surface area contributed by atoms with Gasteiger partial charge >= 0.3 is 0 Å². The van der Waals surface area contributed by atoms with Gasteiger partial charge in [0.05, 0.1) is 17.6 Å². The fourth-order valence-electron chi connectivity index (χ4n) is 3.63. The lowest BCUT2D eigenvalue weighted by molar-refractivity contribution is -0.118. The second-order valence-corrected chi connectivity index (χ2v) is 7.64. The van der Waals surface area contributed by atoms with Gasteiger partial charge in [0.15, 0.2) is 6.61 Å². The highest BCUT2D eigenvalue weighted by Gasteiger charge is 2.13. The van der Waals surface area contributed by atoms with E-state index in [2.05, 4.69) is 26.4 Å². The molecular weight excluding hydrogens is 390 g/mol. The molecule has 0 aliphatic heterocycles. The Hall–Kier alpha value is -3.61. The highest BCUT2D eigenvalue weighted by Crippen LogP contribution is 2.22. The van der Waals surface area contributed by atoms with Crippen LogP contribution in [0.2, 0.25) is 0 Å². The molecule has 0 unspecified atom stereocenters. The van der Waals surface area contributed by atoms with E-state index in [4.69, 9.17) is 9.72 Å². The zero-order valence-corrected chi connectivity index (χ0v) is 18.1. The Morgan fingerprint density at radius 3 is 2.77 bits per heavy atom. The molecule has 0 spiro atoms. The Kier molecular flexibility index (Phi) is 6.02. The van der Waals surface area contributed by atoms with E-state index in [-0.39, 0.29) is 12.5 Å². The van der Waals surface area contributed by atoms with Crippen LogP contribution in [0.5, 0.6) is 5.75 Å². The second kappa shape index (κ2) is 9.04. The first-order chi connectivity index (χ1) is 15.0. The number of carbonyl (C=O) groups excluding carboxylic acids is 1. The zero-order valence-electron chi connectivity index (χ0n) is 18.1. The molecule has 1 amide bonds. The van der Waals surface area contributed by atoms with E-state index in [1.165, 1.54) is 0 Å². The van der Waals surface area contributed by atoms with Gasteiger partial charge in [0.25, 0.3) is 5.91 Å². The second-order valence-electron chi connectivity index (χ2n) is 7.64. The number of rotatable bonds is 8. The summed E-state index contributed by atoms with van der Waals surface area (Å²) in [6, 6.07) is 13.5. The third kappa shape index (κ3) is 4.77. The molecule has 1 N–H and O–H groups in total. The summed E-state index contributed by atoms with van der Waals surface area (Å²) in [5, 5.41) is 2.91. The van der Waals surface area contributed by atoms with Crippen molar-refractivity contribution in [2.75, 3.05) is 11.9 Å². The number of aryl methyl sites for hydroxylation is 3. The van der Waals surface area contributed by atoms with E-state index >= 15 is 0 Å². The van der Waals surface area contributed by atoms with Gasteiger partial charge in [-0.25, -0.2) is 9.97 Å².